The zero-order valence-electron chi connectivity index (χ0n) is 17.7. The number of aryl methyl sites for hydroxylation is 1. The Kier molecular flexibility index (Phi) is 8.18. The van der Waals surface area contributed by atoms with Crippen molar-refractivity contribution in [2.24, 2.45) is 0 Å². The number of carbonyl (C=O) groups is 1. The molecular weight excluding hydrogens is 577 g/mol. The number of ether oxygens (including phenoxy) is 1. The summed E-state index contributed by atoms with van der Waals surface area (Å²) in [5, 5.41) is 11.8. The van der Waals surface area contributed by atoms with Gasteiger partial charge >= 0.3 is 6.18 Å². The van der Waals surface area contributed by atoms with Crippen LogP contribution < -0.4 is 10.1 Å². The smallest absolute Gasteiger partial charge is 0.416 e. The molecule has 3 rings (SSSR count). The van der Waals surface area contributed by atoms with Crippen molar-refractivity contribution in [3.8, 4) is 11.8 Å². The van der Waals surface area contributed by atoms with Crippen molar-refractivity contribution in [2.45, 2.75) is 19.7 Å². The highest BCUT2D eigenvalue weighted by molar-refractivity contribution is 9.11. The van der Waals surface area contributed by atoms with Crippen molar-refractivity contribution in [1.82, 2.24) is 0 Å². The molecule has 0 heterocycles. The van der Waals surface area contributed by atoms with Crippen LogP contribution >= 0.6 is 31.9 Å². The molecule has 0 aliphatic heterocycles. The Bertz CT molecular complexity index is 1270. The Morgan fingerprint density at radius 1 is 1.09 bits per heavy atom. The van der Waals surface area contributed by atoms with Crippen LogP contribution in [0.2, 0.25) is 0 Å². The summed E-state index contributed by atoms with van der Waals surface area (Å²) in [6.07, 6.45) is -3.21. The van der Waals surface area contributed by atoms with Gasteiger partial charge in [-0.05, 0) is 86.3 Å². The number of carbonyl (C=O) groups excluding carboxylic acids is 1. The minimum absolute atomic E-state index is 0.0665. The first-order valence-electron chi connectivity index (χ1n) is 9.84. The first-order valence-corrected chi connectivity index (χ1v) is 11.4. The fourth-order valence-electron chi connectivity index (χ4n) is 3.05. The molecule has 4 nitrogen and oxygen atoms in total. The maximum atomic E-state index is 12.9. The van der Waals surface area contributed by atoms with Gasteiger partial charge in [0.15, 0.2) is 0 Å². The van der Waals surface area contributed by atoms with Gasteiger partial charge in [0.25, 0.3) is 5.91 Å². The van der Waals surface area contributed by atoms with E-state index in [1.54, 1.807) is 18.2 Å². The summed E-state index contributed by atoms with van der Waals surface area (Å²) in [7, 11) is 0. The first kappa shape index (κ1) is 25.5. The maximum Gasteiger partial charge on any atom is 0.416 e. The van der Waals surface area contributed by atoms with E-state index in [1.165, 1.54) is 18.2 Å². The quantitative estimate of drug-likeness (QED) is 0.236. The van der Waals surface area contributed by atoms with Crippen LogP contribution in [0.5, 0.6) is 5.75 Å². The van der Waals surface area contributed by atoms with E-state index in [0.717, 1.165) is 23.3 Å². The van der Waals surface area contributed by atoms with Gasteiger partial charge in [0.2, 0.25) is 0 Å². The van der Waals surface area contributed by atoms with Crippen LogP contribution in [0.4, 0.5) is 18.9 Å². The van der Waals surface area contributed by atoms with Crippen molar-refractivity contribution < 1.29 is 22.7 Å². The Hall–Kier alpha value is -3.09. The number of halogens is 5. The molecule has 0 bridgehead atoms. The van der Waals surface area contributed by atoms with Crippen molar-refractivity contribution in [3.63, 3.8) is 0 Å². The molecule has 1 amide bonds. The molecule has 0 fully saturated rings. The molecule has 0 radical (unpaired) electrons. The van der Waals surface area contributed by atoms with Crippen molar-refractivity contribution in [1.29, 1.82) is 5.26 Å². The Morgan fingerprint density at radius 2 is 1.76 bits per heavy atom. The van der Waals surface area contributed by atoms with Gasteiger partial charge in [0, 0.05) is 5.69 Å². The SMILES string of the molecule is Cc1cccc(COc2c(Br)cc(/C=C(\C#N)C(=O)Nc3cccc(C(F)(F)F)c3)cc2Br)c1. The molecule has 0 aliphatic carbocycles. The first-order chi connectivity index (χ1) is 16.1. The minimum atomic E-state index is -4.55. The summed E-state index contributed by atoms with van der Waals surface area (Å²) in [5.41, 5.74) is 1.39. The predicted octanol–water partition coefficient (Wildman–Crippen LogP) is 7.66. The average Bonchev–Trinajstić information content (AvgIpc) is 2.76. The van der Waals surface area contributed by atoms with Gasteiger partial charge in [-0.25, -0.2) is 0 Å². The molecule has 0 spiro atoms. The molecule has 0 saturated carbocycles. The lowest BCUT2D eigenvalue weighted by molar-refractivity contribution is -0.137. The number of alkyl halides is 3. The minimum Gasteiger partial charge on any atom is -0.487 e. The van der Waals surface area contributed by atoms with Gasteiger partial charge in [-0.1, -0.05) is 35.9 Å². The summed E-state index contributed by atoms with van der Waals surface area (Å²) < 4.78 is 45.8. The van der Waals surface area contributed by atoms with E-state index < -0.39 is 17.6 Å². The second-order valence-electron chi connectivity index (χ2n) is 7.29. The third kappa shape index (κ3) is 6.72. The van der Waals surface area contributed by atoms with Crippen LogP contribution in [-0.4, -0.2) is 5.91 Å². The average molecular weight is 594 g/mol. The number of amides is 1. The lowest BCUT2D eigenvalue weighted by atomic mass is 10.1. The van der Waals surface area contributed by atoms with Gasteiger partial charge in [-0.3, -0.25) is 4.79 Å². The van der Waals surface area contributed by atoms with Gasteiger partial charge in [-0.2, -0.15) is 18.4 Å². The van der Waals surface area contributed by atoms with Crippen LogP contribution in [-0.2, 0) is 17.6 Å². The Morgan fingerprint density at radius 3 is 2.38 bits per heavy atom. The van der Waals surface area contributed by atoms with Gasteiger partial charge in [-0.15, -0.1) is 0 Å². The molecule has 0 saturated heterocycles. The van der Waals surface area contributed by atoms with E-state index in [2.05, 4.69) is 37.2 Å². The molecule has 174 valence electrons. The molecule has 0 atom stereocenters. The number of rotatable bonds is 6. The summed E-state index contributed by atoms with van der Waals surface area (Å²) in [6.45, 7) is 2.34. The number of nitriles is 1. The van der Waals surface area contributed by atoms with Gasteiger partial charge < -0.3 is 10.1 Å². The van der Waals surface area contributed by atoms with E-state index in [4.69, 9.17) is 4.74 Å². The summed E-state index contributed by atoms with van der Waals surface area (Å²) in [6, 6.07) is 17.2. The highest BCUT2D eigenvalue weighted by Crippen LogP contribution is 2.36. The van der Waals surface area contributed by atoms with E-state index in [9.17, 15) is 23.2 Å². The van der Waals surface area contributed by atoms with Crippen LogP contribution in [0, 0.1) is 18.3 Å². The Labute approximate surface area is 211 Å². The Balaban J connectivity index is 1.78. The lowest BCUT2D eigenvalue weighted by Gasteiger charge is -2.12. The fourth-order valence-corrected chi connectivity index (χ4v) is 4.50. The standard InChI is InChI=1S/C25H17Br2F3N2O2/c1-15-4-2-5-16(8-15)14-34-23-21(26)10-17(11-22(23)27)9-18(13-31)24(33)32-20-7-3-6-19(12-20)25(28,29)30/h2-12H,14H2,1H3,(H,32,33)/b18-9+. The highest BCUT2D eigenvalue weighted by atomic mass is 79.9. The van der Waals surface area contributed by atoms with Crippen LogP contribution in [0.25, 0.3) is 6.08 Å². The van der Waals surface area contributed by atoms with E-state index in [1.807, 2.05) is 31.2 Å². The zero-order valence-corrected chi connectivity index (χ0v) is 20.9. The van der Waals surface area contributed by atoms with E-state index in [-0.39, 0.29) is 11.3 Å². The molecule has 9 heteroatoms. The summed E-state index contributed by atoms with van der Waals surface area (Å²) in [5.74, 6) is -0.278. The van der Waals surface area contributed by atoms with E-state index >= 15 is 0 Å². The summed E-state index contributed by atoms with van der Waals surface area (Å²) in [4.78, 5) is 12.5. The molecule has 34 heavy (non-hydrogen) atoms. The molecule has 0 aromatic heterocycles. The second-order valence-corrected chi connectivity index (χ2v) is 9.00. The van der Waals surface area contributed by atoms with Gasteiger partial charge in [0.05, 0.1) is 14.5 Å². The number of anilines is 1. The second kappa shape index (κ2) is 10.9. The normalized spacial score (nSPS) is 11.6. The topological polar surface area (TPSA) is 62.1 Å². The van der Waals surface area contributed by atoms with Crippen molar-refractivity contribution in [3.05, 3.63) is 97.4 Å². The van der Waals surface area contributed by atoms with E-state index in [0.29, 0.717) is 26.9 Å². The third-order valence-electron chi connectivity index (χ3n) is 4.61. The highest BCUT2D eigenvalue weighted by Gasteiger charge is 2.30. The summed E-state index contributed by atoms with van der Waals surface area (Å²) >= 11 is 6.88. The number of hydrogen-bond donors (Lipinski definition) is 1. The molecule has 0 aliphatic rings. The van der Waals surface area contributed by atoms with Crippen molar-refractivity contribution in [2.75, 3.05) is 5.32 Å². The third-order valence-corrected chi connectivity index (χ3v) is 5.79. The van der Waals surface area contributed by atoms with Crippen LogP contribution in [0.15, 0.2) is 75.2 Å². The van der Waals surface area contributed by atoms with Crippen LogP contribution in [0.3, 0.4) is 0 Å². The molecule has 3 aromatic carbocycles. The number of hydrogen-bond acceptors (Lipinski definition) is 3. The van der Waals surface area contributed by atoms with Gasteiger partial charge in [0.1, 0.15) is 24.0 Å². The van der Waals surface area contributed by atoms with Crippen molar-refractivity contribution >= 4 is 49.5 Å². The monoisotopic (exact) mass is 592 g/mol. The lowest BCUT2D eigenvalue weighted by Crippen LogP contribution is -2.14. The number of nitrogens with zero attached hydrogens (tertiary/aromatic N) is 1. The number of benzene rings is 3. The maximum absolute atomic E-state index is 12.9. The number of nitrogens with one attached hydrogen (secondary N) is 1. The van der Waals surface area contributed by atoms with Crippen LogP contribution in [0.1, 0.15) is 22.3 Å². The molecule has 3 aromatic rings. The predicted molar refractivity (Wildman–Crippen MR) is 131 cm³/mol. The zero-order chi connectivity index (χ0) is 24.9. The molecular formula is C25H17Br2F3N2O2. The molecule has 0 unspecified atom stereocenters. The largest absolute Gasteiger partial charge is 0.487 e. The molecule has 1 N–H and O–H groups in total. The fraction of sp³-hybridized carbons (Fsp3) is 0.120.